The summed E-state index contributed by atoms with van der Waals surface area (Å²) < 4.78 is 18.4. The zero-order chi connectivity index (χ0) is 25.8. The van der Waals surface area contributed by atoms with E-state index in [1.54, 1.807) is 43.3 Å². The second-order valence-electron chi connectivity index (χ2n) is 7.80. The van der Waals surface area contributed by atoms with Crippen LogP contribution in [0.3, 0.4) is 0 Å². The highest BCUT2D eigenvalue weighted by Crippen LogP contribution is 2.28. The minimum absolute atomic E-state index is 0.235. The Balaban J connectivity index is 1.45. The number of halogens is 2. The second-order valence-corrected chi connectivity index (χ2v) is 8.24. The van der Waals surface area contributed by atoms with E-state index >= 15 is 0 Å². The van der Waals surface area contributed by atoms with E-state index in [1.807, 2.05) is 0 Å². The normalized spacial score (nSPS) is 14.6. The second kappa shape index (κ2) is 10.4. The molecule has 1 heterocycles. The van der Waals surface area contributed by atoms with Gasteiger partial charge in [-0.05, 0) is 72.7 Å². The lowest BCUT2D eigenvalue weighted by Gasteiger charge is -2.27. The van der Waals surface area contributed by atoms with Crippen LogP contribution >= 0.6 is 11.6 Å². The molecule has 4 rings (SSSR count). The number of aryl methyl sites for hydroxylation is 1. The van der Waals surface area contributed by atoms with Crippen LogP contribution in [0.2, 0.25) is 5.02 Å². The van der Waals surface area contributed by atoms with E-state index in [4.69, 9.17) is 16.3 Å². The Kier molecular flexibility index (Phi) is 7.12. The number of urea groups is 1. The van der Waals surface area contributed by atoms with Crippen molar-refractivity contribution < 1.29 is 28.3 Å². The maximum Gasteiger partial charge on any atom is 0.335 e. The number of nitrogens with one attached hydrogen (secondary N) is 2. The summed E-state index contributed by atoms with van der Waals surface area (Å²) in [5.74, 6) is -2.08. The maximum atomic E-state index is 13.1. The topological polar surface area (TPSA) is 105 Å². The average molecular weight is 508 g/mol. The van der Waals surface area contributed by atoms with Crippen LogP contribution in [0.5, 0.6) is 5.75 Å². The van der Waals surface area contributed by atoms with Crippen LogP contribution in [-0.2, 0) is 14.4 Å². The number of barbiturate groups is 1. The lowest BCUT2D eigenvalue weighted by Crippen LogP contribution is -2.54. The number of benzene rings is 3. The lowest BCUT2D eigenvalue weighted by molar-refractivity contribution is -0.122. The molecule has 0 saturated carbocycles. The quantitative estimate of drug-likeness (QED) is 0.378. The number of carbonyl (C=O) groups excluding carboxylic acids is 4. The number of carbonyl (C=O) groups is 4. The van der Waals surface area contributed by atoms with Gasteiger partial charge in [0.05, 0.1) is 5.69 Å². The van der Waals surface area contributed by atoms with Crippen molar-refractivity contribution in [2.75, 3.05) is 16.8 Å². The minimum atomic E-state index is -0.866. The first kappa shape index (κ1) is 24.6. The molecule has 0 aromatic heterocycles. The largest absolute Gasteiger partial charge is 0.484 e. The molecule has 0 atom stereocenters. The number of imide groups is 2. The molecular formula is C26H19ClFN3O5. The van der Waals surface area contributed by atoms with E-state index in [-0.39, 0.29) is 17.9 Å². The summed E-state index contributed by atoms with van der Waals surface area (Å²) in [5.41, 5.74) is 1.59. The fourth-order valence-electron chi connectivity index (χ4n) is 3.41. The lowest BCUT2D eigenvalue weighted by atomic mass is 10.1. The number of amides is 5. The summed E-state index contributed by atoms with van der Waals surface area (Å²) in [4.78, 5) is 50.8. The summed E-state index contributed by atoms with van der Waals surface area (Å²) in [5, 5.41) is 5.08. The molecule has 0 bridgehead atoms. The Morgan fingerprint density at radius 2 is 1.75 bits per heavy atom. The van der Waals surface area contributed by atoms with Gasteiger partial charge in [0.2, 0.25) is 0 Å². The highest BCUT2D eigenvalue weighted by Gasteiger charge is 2.37. The first-order chi connectivity index (χ1) is 17.2. The van der Waals surface area contributed by atoms with Crippen molar-refractivity contribution >= 4 is 52.8 Å². The molecule has 1 aliphatic heterocycles. The number of anilines is 2. The van der Waals surface area contributed by atoms with Gasteiger partial charge in [-0.2, -0.15) is 0 Å². The van der Waals surface area contributed by atoms with Gasteiger partial charge in [0.15, 0.2) is 6.61 Å². The number of hydrogen-bond donors (Lipinski definition) is 2. The SMILES string of the molecule is Cc1ccc(Cl)cc1N1C(=O)NC(=O)/C(=C\c2ccc(OCC(=O)Nc3ccc(F)cc3)cc2)C1=O. The molecule has 2 N–H and O–H groups in total. The molecule has 1 saturated heterocycles. The first-order valence-corrected chi connectivity index (χ1v) is 11.0. The predicted octanol–water partition coefficient (Wildman–Crippen LogP) is 4.47. The Morgan fingerprint density at radius 1 is 1.06 bits per heavy atom. The minimum Gasteiger partial charge on any atom is -0.484 e. The molecule has 0 unspecified atom stereocenters. The van der Waals surface area contributed by atoms with Crippen molar-refractivity contribution in [2.45, 2.75) is 6.92 Å². The van der Waals surface area contributed by atoms with Gasteiger partial charge in [-0.3, -0.25) is 19.7 Å². The number of ether oxygens (including phenoxy) is 1. The van der Waals surface area contributed by atoms with Gasteiger partial charge in [0.25, 0.3) is 17.7 Å². The van der Waals surface area contributed by atoms with Crippen LogP contribution in [-0.4, -0.2) is 30.4 Å². The number of rotatable bonds is 6. The molecule has 10 heteroatoms. The number of hydrogen-bond acceptors (Lipinski definition) is 5. The Labute approximate surface area is 210 Å². The van der Waals surface area contributed by atoms with Gasteiger partial charge < -0.3 is 10.1 Å². The Hall–Kier alpha value is -4.50. The molecule has 5 amide bonds. The molecule has 1 fully saturated rings. The summed E-state index contributed by atoms with van der Waals surface area (Å²) in [6, 6.07) is 15.5. The average Bonchev–Trinajstić information content (AvgIpc) is 2.84. The Morgan fingerprint density at radius 3 is 2.44 bits per heavy atom. The molecule has 182 valence electrons. The van der Waals surface area contributed by atoms with Crippen molar-refractivity contribution in [2.24, 2.45) is 0 Å². The van der Waals surface area contributed by atoms with Gasteiger partial charge in [0, 0.05) is 10.7 Å². The van der Waals surface area contributed by atoms with E-state index in [0.29, 0.717) is 27.6 Å². The zero-order valence-corrected chi connectivity index (χ0v) is 19.6. The molecular weight excluding hydrogens is 489 g/mol. The molecule has 1 aliphatic rings. The summed E-state index contributed by atoms with van der Waals surface area (Å²) in [6.45, 7) is 1.43. The van der Waals surface area contributed by atoms with E-state index in [2.05, 4.69) is 10.6 Å². The van der Waals surface area contributed by atoms with Crippen LogP contribution in [0.15, 0.2) is 72.3 Å². The predicted molar refractivity (Wildman–Crippen MR) is 132 cm³/mol. The van der Waals surface area contributed by atoms with Crippen LogP contribution in [0, 0.1) is 12.7 Å². The molecule has 36 heavy (non-hydrogen) atoms. The molecule has 0 radical (unpaired) electrons. The molecule has 0 spiro atoms. The van der Waals surface area contributed by atoms with Gasteiger partial charge in [-0.1, -0.05) is 29.8 Å². The van der Waals surface area contributed by atoms with Gasteiger partial charge in [-0.25, -0.2) is 14.1 Å². The Bertz CT molecular complexity index is 1390. The zero-order valence-electron chi connectivity index (χ0n) is 18.9. The smallest absolute Gasteiger partial charge is 0.335 e. The van der Waals surface area contributed by atoms with Gasteiger partial charge in [0.1, 0.15) is 17.1 Å². The van der Waals surface area contributed by atoms with Crippen molar-refractivity contribution in [1.29, 1.82) is 0 Å². The van der Waals surface area contributed by atoms with Crippen molar-refractivity contribution in [3.8, 4) is 5.75 Å². The maximum absolute atomic E-state index is 13.1. The fourth-order valence-corrected chi connectivity index (χ4v) is 3.57. The summed E-state index contributed by atoms with van der Waals surface area (Å²) in [6.07, 6.45) is 1.35. The van der Waals surface area contributed by atoms with Crippen molar-refractivity contribution in [1.82, 2.24) is 5.32 Å². The molecule has 3 aromatic carbocycles. The molecule has 3 aromatic rings. The van der Waals surface area contributed by atoms with Crippen LogP contribution in [0.4, 0.5) is 20.6 Å². The number of nitrogens with zero attached hydrogens (tertiary/aromatic N) is 1. The van der Waals surface area contributed by atoms with Crippen LogP contribution in [0.1, 0.15) is 11.1 Å². The van der Waals surface area contributed by atoms with E-state index in [1.165, 1.54) is 36.4 Å². The standard InChI is InChI=1S/C26H19ClFN3O5/c1-15-2-5-17(27)13-22(15)31-25(34)21(24(33)30-26(31)35)12-16-3-10-20(11-4-16)36-14-23(32)29-19-8-6-18(28)7-9-19/h2-13H,14H2,1H3,(H,29,32)(H,30,33,35)/b21-12+. The van der Waals surface area contributed by atoms with Crippen LogP contribution < -0.4 is 20.3 Å². The van der Waals surface area contributed by atoms with Gasteiger partial charge >= 0.3 is 6.03 Å². The third-order valence-corrected chi connectivity index (χ3v) is 5.44. The molecule has 8 nitrogen and oxygen atoms in total. The molecule has 0 aliphatic carbocycles. The van der Waals surface area contributed by atoms with Gasteiger partial charge in [-0.15, -0.1) is 0 Å². The summed E-state index contributed by atoms with van der Waals surface area (Å²) >= 11 is 6.03. The van der Waals surface area contributed by atoms with Crippen molar-refractivity contribution in [3.63, 3.8) is 0 Å². The van der Waals surface area contributed by atoms with E-state index in [9.17, 15) is 23.6 Å². The van der Waals surface area contributed by atoms with E-state index < -0.39 is 29.6 Å². The fraction of sp³-hybridized carbons (Fsp3) is 0.0769. The summed E-state index contributed by atoms with van der Waals surface area (Å²) in [7, 11) is 0. The highest BCUT2D eigenvalue weighted by molar-refractivity contribution is 6.39. The third kappa shape index (κ3) is 5.59. The highest BCUT2D eigenvalue weighted by atomic mass is 35.5. The third-order valence-electron chi connectivity index (χ3n) is 5.20. The van der Waals surface area contributed by atoms with E-state index in [0.717, 1.165) is 4.90 Å². The first-order valence-electron chi connectivity index (χ1n) is 10.7. The van der Waals surface area contributed by atoms with Crippen LogP contribution in [0.25, 0.3) is 6.08 Å². The van der Waals surface area contributed by atoms with Crippen molar-refractivity contribution in [3.05, 3.63) is 94.3 Å². The monoisotopic (exact) mass is 507 g/mol.